The van der Waals surface area contributed by atoms with Gasteiger partial charge in [-0.25, -0.2) is 0 Å². The van der Waals surface area contributed by atoms with E-state index in [-0.39, 0.29) is 6.04 Å². The summed E-state index contributed by atoms with van der Waals surface area (Å²) in [4.78, 5) is 12.3. The number of rotatable bonds is 2. The molecule has 0 radical (unpaired) electrons. The van der Waals surface area contributed by atoms with Gasteiger partial charge in [0.1, 0.15) is 0 Å². The first kappa shape index (κ1) is 11.0. The van der Waals surface area contributed by atoms with Crippen molar-refractivity contribution in [3.8, 4) is 0 Å². The summed E-state index contributed by atoms with van der Waals surface area (Å²) >= 11 is 0. The summed E-state index contributed by atoms with van der Waals surface area (Å²) in [6.45, 7) is 0.987. The lowest BCUT2D eigenvalue weighted by atomic mass is 9.94. The molecule has 0 amide bonds. The van der Waals surface area contributed by atoms with Crippen molar-refractivity contribution >= 4 is 5.78 Å². The summed E-state index contributed by atoms with van der Waals surface area (Å²) in [7, 11) is 0. The van der Waals surface area contributed by atoms with Gasteiger partial charge >= 0.3 is 0 Å². The minimum absolute atomic E-state index is 0.0585. The fourth-order valence-corrected chi connectivity index (χ4v) is 3.00. The summed E-state index contributed by atoms with van der Waals surface area (Å²) in [6, 6.07) is 6.35. The highest BCUT2D eigenvalue weighted by molar-refractivity contribution is 6.00. The highest BCUT2D eigenvalue weighted by Crippen LogP contribution is 2.24. The van der Waals surface area contributed by atoms with E-state index in [4.69, 9.17) is 0 Å². The maximum atomic E-state index is 12.3. The van der Waals surface area contributed by atoms with Crippen LogP contribution in [0.4, 0.5) is 0 Å². The molecule has 3 rings (SSSR count). The quantitative estimate of drug-likeness (QED) is 0.789. The van der Waals surface area contributed by atoms with Crippen molar-refractivity contribution in [1.82, 2.24) is 5.32 Å². The van der Waals surface area contributed by atoms with E-state index in [0.717, 1.165) is 24.9 Å². The van der Waals surface area contributed by atoms with Crippen molar-refractivity contribution in [2.24, 2.45) is 0 Å². The Bertz CT molecular complexity index is 433. The Morgan fingerprint density at radius 2 is 2.00 bits per heavy atom. The molecule has 2 nitrogen and oxygen atoms in total. The van der Waals surface area contributed by atoms with E-state index in [1.807, 2.05) is 6.07 Å². The van der Waals surface area contributed by atoms with Gasteiger partial charge in [0.25, 0.3) is 0 Å². The van der Waals surface area contributed by atoms with Gasteiger partial charge in [-0.2, -0.15) is 0 Å². The number of Topliss-reactive ketones (excluding diaryl/α,β-unsaturated/α-hetero) is 1. The van der Waals surface area contributed by atoms with Crippen LogP contribution in [0.1, 0.15) is 47.2 Å². The second kappa shape index (κ2) is 4.61. The Balaban J connectivity index is 1.81. The third kappa shape index (κ3) is 2.14. The highest BCUT2D eigenvalue weighted by Gasteiger charge is 2.22. The fraction of sp³-hybridized carbons (Fsp3) is 0.533. The molecule has 1 aliphatic carbocycles. The van der Waals surface area contributed by atoms with Gasteiger partial charge in [0.15, 0.2) is 5.78 Å². The predicted molar refractivity (Wildman–Crippen MR) is 68.4 cm³/mol. The molecule has 1 saturated heterocycles. The highest BCUT2D eigenvalue weighted by atomic mass is 16.1. The zero-order valence-corrected chi connectivity index (χ0v) is 10.2. The zero-order valence-electron chi connectivity index (χ0n) is 10.2. The third-order valence-corrected chi connectivity index (χ3v) is 4.01. The average Bonchev–Trinajstić information content (AvgIpc) is 2.86. The minimum atomic E-state index is 0.0585. The van der Waals surface area contributed by atoms with Gasteiger partial charge in [-0.1, -0.05) is 18.6 Å². The van der Waals surface area contributed by atoms with Crippen molar-refractivity contribution in [3.63, 3.8) is 0 Å². The van der Waals surface area contributed by atoms with E-state index in [1.165, 1.54) is 36.8 Å². The van der Waals surface area contributed by atoms with E-state index >= 15 is 0 Å². The maximum absolute atomic E-state index is 12.3. The van der Waals surface area contributed by atoms with Crippen LogP contribution in [0.25, 0.3) is 0 Å². The van der Waals surface area contributed by atoms with Crippen molar-refractivity contribution in [1.29, 1.82) is 0 Å². The molecule has 1 heterocycles. The van der Waals surface area contributed by atoms with Crippen LogP contribution in [0.5, 0.6) is 0 Å². The number of hydrogen-bond donors (Lipinski definition) is 1. The summed E-state index contributed by atoms with van der Waals surface area (Å²) in [5.41, 5.74) is 3.75. The summed E-state index contributed by atoms with van der Waals surface area (Å²) in [5.74, 6) is 0.291. The van der Waals surface area contributed by atoms with E-state index < -0.39 is 0 Å². The fourth-order valence-electron chi connectivity index (χ4n) is 3.00. The third-order valence-electron chi connectivity index (χ3n) is 4.01. The molecule has 0 saturated carbocycles. The van der Waals surface area contributed by atoms with Crippen molar-refractivity contribution in [2.45, 2.75) is 44.6 Å². The lowest BCUT2D eigenvalue weighted by Gasteiger charge is -2.22. The lowest BCUT2D eigenvalue weighted by molar-refractivity contribution is 0.0927. The summed E-state index contributed by atoms with van der Waals surface area (Å²) in [6.07, 6.45) is 6.95. The molecule has 90 valence electrons. The molecule has 1 N–H and O–H groups in total. The molecule has 17 heavy (non-hydrogen) atoms. The first-order valence-corrected chi connectivity index (χ1v) is 6.74. The Hall–Kier alpha value is -1.15. The number of benzene rings is 1. The van der Waals surface area contributed by atoms with Gasteiger partial charge in [-0.05, 0) is 55.8 Å². The van der Waals surface area contributed by atoms with Gasteiger partial charge in [-0.3, -0.25) is 4.79 Å². The second-order valence-corrected chi connectivity index (χ2v) is 5.20. The standard InChI is InChI=1S/C15H19NO/c17-15(14-6-1-2-9-16-14)13-8-7-11-4-3-5-12(11)10-13/h7-8,10,14,16H,1-6,9H2. The molecule has 0 spiro atoms. The number of ketones is 1. The summed E-state index contributed by atoms with van der Waals surface area (Å²) in [5, 5.41) is 3.34. The van der Waals surface area contributed by atoms with Crippen LogP contribution in [-0.2, 0) is 12.8 Å². The number of carbonyl (C=O) groups is 1. The van der Waals surface area contributed by atoms with Crippen LogP contribution < -0.4 is 5.32 Å². The SMILES string of the molecule is O=C(c1ccc2c(c1)CCC2)C1CCCCN1. The minimum Gasteiger partial charge on any atom is -0.307 e. The molecular formula is C15H19NO. The average molecular weight is 229 g/mol. The molecule has 1 aromatic carbocycles. The Morgan fingerprint density at radius 1 is 1.12 bits per heavy atom. The Morgan fingerprint density at radius 3 is 2.82 bits per heavy atom. The first-order chi connectivity index (χ1) is 8.34. The Kier molecular flexibility index (Phi) is 2.98. The normalized spacial score (nSPS) is 23.4. The van der Waals surface area contributed by atoms with Crippen molar-refractivity contribution in [2.75, 3.05) is 6.54 Å². The second-order valence-electron chi connectivity index (χ2n) is 5.20. The number of fused-ring (bicyclic) bond motifs is 1. The Labute approximate surface area is 102 Å². The van der Waals surface area contributed by atoms with Crippen LogP contribution in [0.3, 0.4) is 0 Å². The van der Waals surface area contributed by atoms with Gasteiger partial charge in [-0.15, -0.1) is 0 Å². The monoisotopic (exact) mass is 229 g/mol. The number of hydrogen-bond acceptors (Lipinski definition) is 2. The molecule has 2 heteroatoms. The first-order valence-electron chi connectivity index (χ1n) is 6.74. The zero-order chi connectivity index (χ0) is 11.7. The van der Waals surface area contributed by atoms with E-state index in [0.29, 0.717) is 5.78 Å². The van der Waals surface area contributed by atoms with E-state index in [9.17, 15) is 4.79 Å². The largest absolute Gasteiger partial charge is 0.307 e. The summed E-state index contributed by atoms with van der Waals surface area (Å²) < 4.78 is 0. The molecule has 1 aromatic rings. The molecular weight excluding hydrogens is 210 g/mol. The number of carbonyl (C=O) groups excluding carboxylic acids is 1. The van der Waals surface area contributed by atoms with Crippen molar-refractivity contribution in [3.05, 3.63) is 34.9 Å². The lowest BCUT2D eigenvalue weighted by Crippen LogP contribution is -2.40. The molecule has 1 unspecified atom stereocenters. The molecule has 2 aliphatic rings. The van der Waals surface area contributed by atoms with Crippen LogP contribution in [-0.4, -0.2) is 18.4 Å². The van der Waals surface area contributed by atoms with Gasteiger partial charge in [0, 0.05) is 5.56 Å². The molecule has 0 bridgehead atoms. The van der Waals surface area contributed by atoms with E-state index in [1.54, 1.807) is 0 Å². The van der Waals surface area contributed by atoms with Crippen LogP contribution >= 0.6 is 0 Å². The van der Waals surface area contributed by atoms with Gasteiger partial charge in [0.2, 0.25) is 0 Å². The van der Waals surface area contributed by atoms with Gasteiger partial charge < -0.3 is 5.32 Å². The van der Waals surface area contributed by atoms with Crippen LogP contribution in [0, 0.1) is 0 Å². The van der Waals surface area contributed by atoms with Crippen molar-refractivity contribution < 1.29 is 4.79 Å². The molecule has 1 aliphatic heterocycles. The number of aryl methyl sites for hydroxylation is 2. The molecule has 1 atom stereocenters. The van der Waals surface area contributed by atoms with Crippen LogP contribution in [0.15, 0.2) is 18.2 Å². The molecule has 0 aromatic heterocycles. The predicted octanol–water partition coefficient (Wildman–Crippen LogP) is 2.50. The van der Waals surface area contributed by atoms with E-state index in [2.05, 4.69) is 17.4 Å². The molecule has 1 fully saturated rings. The number of nitrogens with one attached hydrogen (secondary N) is 1. The van der Waals surface area contributed by atoms with Crippen LogP contribution in [0.2, 0.25) is 0 Å². The maximum Gasteiger partial charge on any atom is 0.179 e. The topological polar surface area (TPSA) is 29.1 Å². The number of piperidine rings is 1. The smallest absolute Gasteiger partial charge is 0.179 e. The van der Waals surface area contributed by atoms with Gasteiger partial charge in [0.05, 0.1) is 6.04 Å².